The number of piperazine rings is 1. The predicted molar refractivity (Wildman–Crippen MR) is 132 cm³/mol. The van der Waals surface area contributed by atoms with E-state index in [4.69, 9.17) is 0 Å². The lowest BCUT2D eigenvalue weighted by Crippen LogP contribution is -2.66. The van der Waals surface area contributed by atoms with Gasteiger partial charge in [-0.1, -0.05) is 78.9 Å². The van der Waals surface area contributed by atoms with Gasteiger partial charge in [0.1, 0.15) is 6.04 Å². The molecule has 3 atom stereocenters. The topological polar surface area (TPSA) is 90.0 Å². The van der Waals surface area contributed by atoms with Crippen LogP contribution in [0.2, 0.25) is 0 Å². The molecule has 0 radical (unpaired) electrons. The fraction of sp³-hybridized carbons (Fsp3) is 0.250. The first-order chi connectivity index (χ1) is 17.0. The van der Waals surface area contributed by atoms with E-state index in [9.17, 15) is 19.5 Å². The van der Waals surface area contributed by atoms with E-state index in [0.29, 0.717) is 18.5 Å². The van der Waals surface area contributed by atoms with Gasteiger partial charge in [-0.05, 0) is 36.1 Å². The Bertz CT molecular complexity index is 1160. The van der Waals surface area contributed by atoms with Crippen molar-refractivity contribution in [3.63, 3.8) is 0 Å². The maximum atomic E-state index is 14.0. The van der Waals surface area contributed by atoms with Crippen LogP contribution in [0.3, 0.4) is 0 Å². The van der Waals surface area contributed by atoms with Gasteiger partial charge in [0, 0.05) is 12.2 Å². The second-order valence-corrected chi connectivity index (χ2v) is 9.03. The number of fused-ring (bicyclic) bond motifs is 2. The molecule has 2 bridgehead atoms. The first-order valence-corrected chi connectivity index (χ1v) is 11.8. The van der Waals surface area contributed by atoms with E-state index in [1.54, 1.807) is 17.0 Å². The fourth-order valence-electron chi connectivity index (χ4n) is 5.43. The minimum absolute atomic E-state index is 0.185. The van der Waals surface area contributed by atoms with Crippen molar-refractivity contribution in [2.45, 2.75) is 36.9 Å². The molecule has 3 amide bonds. The summed E-state index contributed by atoms with van der Waals surface area (Å²) in [5.41, 5.74) is 2.27. The number of nitrogens with zero attached hydrogens (tertiary/aromatic N) is 2. The number of hydrogen-bond donors (Lipinski definition) is 2. The minimum atomic E-state index is -1.11. The summed E-state index contributed by atoms with van der Waals surface area (Å²) in [7, 11) is 0. The number of para-hydroxylation sites is 1. The van der Waals surface area contributed by atoms with E-state index in [-0.39, 0.29) is 24.5 Å². The second-order valence-electron chi connectivity index (χ2n) is 9.03. The van der Waals surface area contributed by atoms with Crippen LogP contribution in [0.4, 0.5) is 10.5 Å². The van der Waals surface area contributed by atoms with Crippen LogP contribution in [0, 0.1) is 0 Å². The first-order valence-electron chi connectivity index (χ1n) is 11.8. The van der Waals surface area contributed by atoms with Crippen molar-refractivity contribution >= 4 is 23.6 Å². The molecular weight excluding hydrogens is 442 g/mol. The highest BCUT2D eigenvalue weighted by atomic mass is 16.4. The van der Waals surface area contributed by atoms with Crippen LogP contribution < -0.4 is 5.32 Å². The number of urea groups is 1. The molecule has 0 aliphatic carbocycles. The lowest BCUT2D eigenvalue weighted by molar-refractivity contribution is -0.156. The van der Waals surface area contributed by atoms with Gasteiger partial charge in [-0.3, -0.25) is 4.79 Å². The molecule has 2 N–H and O–H groups in total. The van der Waals surface area contributed by atoms with E-state index in [0.717, 1.165) is 11.1 Å². The number of anilines is 1. The van der Waals surface area contributed by atoms with Crippen molar-refractivity contribution in [1.29, 1.82) is 0 Å². The van der Waals surface area contributed by atoms with Crippen LogP contribution in [0.1, 0.15) is 29.9 Å². The Morgan fingerprint density at radius 1 is 0.800 bits per heavy atom. The molecular formula is C28H27N3O4. The molecule has 35 heavy (non-hydrogen) atoms. The molecule has 0 saturated carbocycles. The highest BCUT2D eigenvalue weighted by molar-refractivity contribution is 5.94. The number of carboxylic acids is 1. The molecule has 0 unspecified atom stereocenters. The predicted octanol–water partition coefficient (Wildman–Crippen LogP) is 4.18. The maximum absolute atomic E-state index is 14.0. The Morgan fingerprint density at radius 2 is 1.34 bits per heavy atom. The Morgan fingerprint density at radius 3 is 1.89 bits per heavy atom. The van der Waals surface area contributed by atoms with Crippen LogP contribution in [-0.4, -0.2) is 57.5 Å². The number of likely N-dealkylation sites (tertiary alicyclic amines) is 1. The Balaban J connectivity index is 1.46. The Labute approximate surface area is 204 Å². The third-order valence-corrected chi connectivity index (χ3v) is 6.96. The average molecular weight is 470 g/mol. The number of aliphatic carboxylic acids is 1. The van der Waals surface area contributed by atoms with Crippen molar-refractivity contribution < 1.29 is 19.5 Å². The summed E-state index contributed by atoms with van der Waals surface area (Å²) in [5, 5.41) is 13.1. The number of hydrogen-bond acceptors (Lipinski definition) is 3. The summed E-state index contributed by atoms with van der Waals surface area (Å²) in [6.45, 7) is 0.185. The van der Waals surface area contributed by atoms with Crippen molar-refractivity contribution in [2.24, 2.45) is 0 Å². The molecule has 3 aromatic carbocycles. The smallest absolute Gasteiger partial charge is 0.328 e. The molecule has 0 spiro atoms. The van der Waals surface area contributed by atoms with Crippen LogP contribution in [0.25, 0.3) is 0 Å². The summed E-state index contributed by atoms with van der Waals surface area (Å²) in [4.78, 5) is 42.9. The molecule has 178 valence electrons. The molecule has 2 fully saturated rings. The number of nitrogens with one attached hydrogen (secondary N) is 1. The van der Waals surface area contributed by atoms with Crippen molar-refractivity contribution in [1.82, 2.24) is 9.80 Å². The van der Waals surface area contributed by atoms with Gasteiger partial charge < -0.3 is 20.2 Å². The zero-order chi connectivity index (χ0) is 24.4. The number of carbonyl (C=O) groups is 3. The van der Waals surface area contributed by atoms with Gasteiger partial charge in [-0.2, -0.15) is 0 Å². The quantitative estimate of drug-likeness (QED) is 0.587. The van der Waals surface area contributed by atoms with Gasteiger partial charge in [0.05, 0.1) is 18.0 Å². The number of rotatable bonds is 5. The normalized spacial score (nSPS) is 21.1. The number of benzene rings is 3. The molecule has 2 heterocycles. The van der Waals surface area contributed by atoms with Gasteiger partial charge in [0.25, 0.3) is 0 Å². The SMILES string of the molecule is O=C(O)[C@@H]1[C@H]2CC[C@@H](CN1C(=O)C(c1ccccc1)c1ccccc1)N2C(=O)Nc1ccccc1. The monoisotopic (exact) mass is 469 g/mol. The third kappa shape index (κ3) is 4.37. The van der Waals surface area contributed by atoms with Crippen LogP contribution in [-0.2, 0) is 9.59 Å². The largest absolute Gasteiger partial charge is 0.480 e. The van der Waals surface area contributed by atoms with E-state index in [1.165, 1.54) is 4.90 Å². The van der Waals surface area contributed by atoms with Crippen molar-refractivity contribution in [2.75, 3.05) is 11.9 Å². The summed E-state index contributed by atoms with van der Waals surface area (Å²) in [6, 6.07) is 25.7. The standard InChI is InChI=1S/C28H27N3O4/c32-26(24(19-10-4-1-5-11-19)20-12-6-2-7-13-20)30-18-22-16-17-23(25(30)27(33)34)31(22)28(35)29-21-14-8-3-9-15-21/h1-15,22-25H,16-18H2,(H,29,35)(H,33,34)/t22-,23+,25-/m0/s1. The van der Waals surface area contributed by atoms with Crippen molar-refractivity contribution in [3.8, 4) is 0 Å². The minimum Gasteiger partial charge on any atom is -0.480 e. The van der Waals surface area contributed by atoms with E-state index in [2.05, 4.69) is 5.32 Å². The van der Waals surface area contributed by atoms with Crippen LogP contribution in [0.15, 0.2) is 91.0 Å². The zero-order valence-corrected chi connectivity index (χ0v) is 19.2. The third-order valence-electron chi connectivity index (χ3n) is 6.96. The summed E-state index contributed by atoms with van der Waals surface area (Å²) < 4.78 is 0. The number of amides is 3. The van der Waals surface area contributed by atoms with Crippen LogP contribution in [0.5, 0.6) is 0 Å². The molecule has 3 aromatic rings. The summed E-state index contributed by atoms with van der Waals surface area (Å²) in [5.74, 6) is -1.97. The molecule has 7 heteroatoms. The maximum Gasteiger partial charge on any atom is 0.328 e. The van der Waals surface area contributed by atoms with E-state index < -0.39 is 24.0 Å². The van der Waals surface area contributed by atoms with E-state index >= 15 is 0 Å². The highest BCUT2D eigenvalue weighted by Crippen LogP contribution is 2.38. The second kappa shape index (κ2) is 9.62. The molecule has 7 nitrogen and oxygen atoms in total. The number of carboxylic acid groups (broad SMARTS) is 1. The molecule has 0 aromatic heterocycles. The number of carbonyl (C=O) groups excluding carboxylic acids is 2. The Hall–Kier alpha value is -4.13. The van der Waals surface area contributed by atoms with Crippen molar-refractivity contribution in [3.05, 3.63) is 102 Å². The molecule has 5 rings (SSSR count). The lowest BCUT2D eigenvalue weighted by atomic mass is 9.88. The lowest BCUT2D eigenvalue weighted by Gasteiger charge is -2.45. The molecule has 2 aliphatic heterocycles. The van der Waals surface area contributed by atoms with Gasteiger partial charge in [0.2, 0.25) is 5.91 Å². The first kappa shape index (κ1) is 22.7. The summed E-state index contributed by atoms with van der Waals surface area (Å²) >= 11 is 0. The van der Waals surface area contributed by atoms with E-state index in [1.807, 2.05) is 78.9 Å². The Kier molecular flexibility index (Phi) is 6.23. The zero-order valence-electron chi connectivity index (χ0n) is 19.2. The summed E-state index contributed by atoms with van der Waals surface area (Å²) in [6.07, 6.45) is 1.19. The molecule has 2 saturated heterocycles. The van der Waals surface area contributed by atoms with Gasteiger partial charge in [0.15, 0.2) is 0 Å². The highest BCUT2D eigenvalue weighted by Gasteiger charge is 2.53. The van der Waals surface area contributed by atoms with Gasteiger partial charge >= 0.3 is 12.0 Å². The molecule has 2 aliphatic rings. The van der Waals surface area contributed by atoms with Gasteiger partial charge in [-0.15, -0.1) is 0 Å². The van der Waals surface area contributed by atoms with Gasteiger partial charge in [-0.25, -0.2) is 9.59 Å². The fourth-order valence-corrected chi connectivity index (χ4v) is 5.43. The average Bonchev–Trinajstić information content (AvgIpc) is 3.18. The van der Waals surface area contributed by atoms with Crippen LogP contribution >= 0.6 is 0 Å².